The average Bonchev–Trinajstić information content (AvgIpc) is 2.77. The molecular weight excluding hydrogens is 397 g/mol. The second-order valence-electron chi connectivity index (χ2n) is 7.96. The lowest BCUT2D eigenvalue weighted by Crippen LogP contribution is -2.22. The van der Waals surface area contributed by atoms with Crippen molar-refractivity contribution in [2.45, 2.75) is 52.0 Å². The molecule has 1 fully saturated rings. The molecule has 0 spiro atoms. The predicted molar refractivity (Wildman–Crippen MR) is 122 cm³/mol. The third-order valence-electron chi connectivity index (χ3n) is 5.97. The van der Waals surface area contributed by atoms with Crippen molar-refractivity contribution in [1.29, 1.82) is 0 Å². The lowest BCUT2D eigenvalue weighted by atomic mass is 9.91. The fourth-order valence-electron chi connectivity index (χ4n) is 4.41. The number of anilines is 1. The molecule has 2 aromatic carbocycles. The highest BCUT2D eigenvalue weighted by Crippen LogP contribution is 2.45. The summed E-state index contributed by atoms with van der Waals surface area (Å²) in [6, 6.07) is 8.70. The van der Waals surface area contributed by atoms with Crippen molar-refractivity contribution in [3.05, 3.63) is 46.8 Å². The van der Waals surface area contributed by atoms with Crippen LogP contribution in [0, 0.1) is 13.8 Å². The molecule has 0 amide bonds. The van der Waals surface area contributed by atoms with Gasteiger partial charge in [0.2, 0.25) is 5.83 Å². The number of ether oxygens (including phenoxy) is 2. The Kier molecular flexibility index (Phi) is 7.21. The number of aliphatic carboxylic acids is 1. The Morgan fingerprint density at radius 3 is 2.19 bits per heavy atom. The molecular formula is C25H30FNO4. The van der Waals surface area contributed by atoms with Crippen LogP contribution >= 0.6 is 0 Å². The maximum absolute atomic E-state index is 13.9. The molecule has 166 valence electrons. The van der Waals surface area contributed by atoms with Crippen molar-refractivity contribution in [2.75, 3.05) is 19.5 Å². The monoisotopic (exact) mass is 427 g/mol. The number of carboxylic acids is 1. The Morgan fingerprint density at radius 2 is 1.65 bits per heavy atom. The van der Waals surface area contributed by atoms with Crippen LogP contribution in [0.1, 0.15) is 48.8 Å². The highest BCUT2D eigenvalue weighted by Gasteiger charge is 2.22. The van der Waals surface area contributed by atoms with Gasteiger partial charge in [0.15, 0.2) is 0 Å². The summed E-state index contributed by atoms with van der Waals surface area (Å²) in [6.07, 6.45) is 7.24. The molecule has 1 aliphatic carbocycles. The van der Waals surface area contributed by atoms with E-state index in [1.807, 2.05) is 19.1 Å². The van der Waals surface area contributed by atoms with E-state index in [-0.39, 0.29) is 0 Å². The first-order chi connectivity index (χ1) is 14.9. The maximum atomic E-state index is 13.9. The lowest BCUT2D eigenvalue weighted by Gasteiger charge is -2.24. The number of halogens is 1. The van der Waals surface area contributed by atoms with Crippen LogP contribution in [0.4, 0.5) is 10.1 Å². The standard InChI is InChI=1S/C25H30FNO4/c1-15-20(14-21(26)25(28)29)23(30-3)16(2)22(24(15)31-4)17-10-12-19(13-11-17)27-18-8-6-5-7-9-18/h10-14,18,27H,5-9H2,1-4H3,(H,28,29). The van der Waals surface area contributed by atoms with E-state index in [1.54, 1.807) is 14.0 Å². The SMILES string of the molecule is COc1c(C)c(-c2ccc(NC3CCCCC3)cc2)c(OC)c(C)c1C=C(F)C(=O)O. The van der Waals surface area contributed by atoms with Gasteiger partial charge in [0.05, 0.1) is 14.2 Å². The molecule has 0 atom stereocenters. The molecule has 0 saturated heterocycles. The Labute approximate surface area is 182 Å². The summed E-state index contributed by atoms with van der Waals surface area (Å²) in [7, 11) is 3.04. The first-order valence-corrected chi connectivity index (χ1v) is 10.6. The molecule has 0 aromatic heterocycles. The van der Waals surface area contributed by atoms with Gasteiger partial charge >= 0.3 is 5.97 Å². The van der Waals surface area contributed by atoms with E-state index >= 15 is 0 Å². The van der Waals surface area contributed by atoms with Gasteiger partial charge in [0, 0.05) is 34.0 Å². The molecule has 0 heterocycles. The quantitative estimate of drug-likeness (QED) is 0.521. The van der Waals surface area contributed by atoms with Gasteiger partial charge in [-0.1, -0.05) is 31.4 Å². The van der Waals surface area contributed by atoms with E-state index < -0.39 is 11.8 Å². The average molecular weight is 428 g/mol. The molecule has 5 nitrogen and oxygen atoms in total. The van der Waals surface area contributed by atoms with Crippen molar-refractivity contribution in [2.24, 2.45) is 0 Å². The topological polar surface area (TPSA) is 67.8 Å². The number of benzene rings is 2. The minimum Gasteiger partial charge on any atom is -0.496 e. The van der Waals surface area contributed by atoms with Crippen molar-refractivity contribution in [3.63, 3.8) is 0 Å². The van der Waals surface area contributed by atoms with Crippen molar-refractivity contribution in [3.8, 4) is 22.6 Å². The van der Waals surface area contributed by atoms with E-state index in [0.717, 1.165) is 28.5 Å². The van der Waals surface area contributed by atoms with Crippen LogP contribution in [0.3, 0.4) is 0 Å². The molecule has 6 heteroatoms. The van der Waals surface area contributed by atoms with Gasteiger partial charge < -0.3 is 19.9 Å². The van der Waals surface area contributed by atoms with E-state index in [0.29, 0.717) is 28.7 Å². The van der Waals surface area contributed by atoms with Gasteiger partial charge in [-0.3, -0.25) is 0 Å². The molecule has 0 radical (unpaired) electrons. The first-order valence-electron chi connectivity index (χ1n) is 10.6. The van der Waals surface area contributed by atoms with Crippen molar-refractivity contribution >= 4 is 17.7 Å². The second kappa shape index (κ2) is 9.86. The number of hydrogen-bond donors (Lipinski definition) is 2. The fraction of sp³-hybridized carbons (Fsp3) is 0.400. The third-order valence-corrected chi connectivity index (χ3v) is 5.97. The summed E-state index contributed by atoms with van der Waals surface area (Å²) in [5.74, 6) is -1.89. The van der Waals surface area contributed by atoms with Crippen molar-refractivity contribution < 1.29 is 23.8 Å². The van der Waals surface area contributed by atoms with E-state index in [2.05, 4.69) is 17.4 Å². The van der Waals surface area contributed by atoms with Gasteiger partial charge in [0.25, 0.3) is 0 Å². The molecule has 3 rings (SSSR count). The van der Waals surface area contributed by atoms with Crippen LogP contribution in [0.5, 0.6) is 11.5 Å². The number of nitrogens with one attached hydrogen (secondary N) is 1. The van der Waals surface area contributed by atoms with Crippen LogP contribution in [0.2, 0.25) is 0 Å². The zero-order valence-electron chi connectivity index (χ0n) is 18.5. The smallest absolute Gasteiger partial charge is 0.364 e. The van der Waals surface area contributed by atoms with Gasteiger partial charge in [-0.2, -0.15) is 4.39 Å². The fourth-order valence-corrected chi connectivity index (χ4v) is 4.41. The van der Waals surface area contributed by atoms with Crippen LogP contribution in [-0.2, 0) is 4.79 Å². The number of hydrogen-bond acceptors (Lipinski definition) is 4. The number of carboxylic acid groups (broad SMARTS) is 1. The molecule has 31 heavy (non-hydrogen) atoms. The summed E-state index contributed by atoms with van der Waals surface area (Å²) in [5.41, 5.74) is 4.59. The Morgan fingerprint density at radius 1 is 1.03 bits per heavy atom. The summed E-state index contributed by atoms with van der Waals surface area (Å²) < 4.78 is 25.1. The van der Waals surface area contributed by atoms with Gasteiger partial charge in [-0.05, 0) is 50.5 Å². The first kappa shape index (κ1) is 22.7. The molecule has 0 aliphatic heterocycles. The second-order valence-corrected chi connectivity index (χ2v) is 7.96. The normalized spacial score (nSPS) is 14.9. The summed E-state index contributed by atoms with van der Waals surface area (Å²) in [6.45, 7) is 3.63. The van der Waals surface area contributed by atoms with Crippen LogP contribution < -0.4 is 14.8 Å². The maximum Gasteiger partial charge on any atom is 0.364 e. The molecule has 2 aromatic rings. The number of rotatable bonds is 7. The Balaban J connectivity index is 2.03. The van der Waals surface area contributed by atoms with Crippen LogP contribution in [0.15, 0.2) is 30.1 Å². The van der Waals surface area contributed by atoms with Gasteiger partial charge in [-0.15, -0.1) is 0 Å². The summed E-state index contributed by atoms with van der Waals surface area (Å²) in [4.78, 5) is 11.0. The van der Waals surface area contributed by atoms with Crippen LogP contribution in [-0.4, -0.2) is 31.3 Å². The van der Waals surface area contributed by atoms with E-state index in [1.165, 1.54) is 39.2 Å². The Bertz CT molecular complexity index is 976. The molecule has 0 unspecified atom stereocenters. The summed E-state index contributed by atoms with van der Waals surface area (Å²) in [5, 5.41) is 12.6. The zero-order valence-corrected chi connectivity index (χ0v) is 18.5. The Hall–Kier alpha value is -3.02. The zero-order chi connectivity index (χ0) is 22.5. The summed E-state index contributed by atoms with van der Waals surface area (Å²) >= 11 is 0. The van der Waals surface area contributed by atoms with Crippen molar-refractivity contribution in [1.82, 2.24) is 0 Å². The van der Waals surface area contributed by atoms with Gasteiger partial charge in [-0.25, -0.2) is 4.79 Å². The van der Waals surface area contributed by atoms with Gasteiger partial charge in [0.1, 0.15) is 11.5 Å². The predicted octanol–water partition coefficient (Wildman–Crippen LogP) is 6.13. The third kappa shape index (κ3) is 4.84. The number of carbonyl (C=O) groups is 1. The highest BCUT2D eigenvalue weighted by atomic mass is 19.1. The lowest BCUT2D eigenvalue weighted by molar-refractivity contribution is -0.134. The van der Waals surface area contributed by atoms with E-state index in [9.17, 15) is 9.18 Å². The minimum atomic E-state index is -1.62. The molecule has 0 bridgehead atoms. The number of methoxy groups -OCH3 is 2. The molecule has 2 N–H and O–H groups in total. The van der Waals surface area contributed by atoms with E-state index in [4.69, 9.17) is 14.6 Å². The minimum absolute atomic E-state index is 0.357. The van der Waals surface area contributed by atoms with Crippen LogP contribution in [0.25, 0.3) is 17.2 Å². The highest BCUT2D eigenvalue weighted by molar-refractivity contribution is 5.92. The molecule has 1 saturated carbocycles. The largest absolute Gasteiger partial charge is 0.496 e. The molecule has 1 aliphatic rings.